The summed E-state index contributed by atoms with van der Waals surface area (Å²) in [6.45, 7) is 7.48. The summed E-state index contributed by atoms with van der Waals surface area (Å²) in [6.07, 6.45) is 6.67. The molecule has 2 aliphatic rings. The monoisotopic (exact) mass is 374 g/mol. The number of hydrogen-bond donors (Lipinski definition) is 1. The second kappa shape index (κ2) is 6.86. The second-order valence-corrected chi connectivity index (χ2v) is 8.60. The molecule has 1 saturated carbocycles. The molecule has 1 N–H and O–H groups in total. The van der Waals surface area contributed by atoms with Crippen molar-refractivity contribution in [3.63, 3.8) is 0 Å². The van der Waals surface area contributed by atoms with Crippen molar-refractivity contribution in [2.45, 2.75) is 51.1 Å². The number of carbonyl (C=O) groups excluding carboxylic acids is 1. The first-order valence-corrected chi connectivity index (χ1v) is 10.0. The van der Waals surface area contributed by atoms with Crippen molar-refractivity contribution in [2.75, 3.05) is 19.6 Å². The van der Waals surface area contributed by atoms with Crippen LogP contribution in [0.2, 0.25) is 5.15 Å². The number of rotatable bonds is 6. The lowest BCUT2D eigenvalue weighted by molar-refractivity contribution is -0.126. The van der Waals surface area contributed by atoms with Crippen LogP contribution in [0.25, 0.3) is 11.0 Å². The fourth-order valence-corrected chi connectivity index (χ4v) is 4.30. The standard InChI is InChI=1S/C20H27ClN4O/c1-14(2)17(25-12-7-15-5-6-16(21)22-18(15)25)19(26)23-20(8-9-20)13-24-10-3-4-11-24/h5-7,12,14,17H,3-4,8-11,13H2,1-2H3,(H,23,26). The van der Waals surface area contributed by atoms with Crippen molar-refractivity contribution in [1.29, 1.82) is 0 Å². The van der Waals surface area contributed by atoms with Gasteiger partial charge in [-0.1, -0.05) is 25.4 Å². The van der Waals surface area contributed by atoms with Crippen LogP contribution in [0.4, 0.5) is 0 Å². The zero-order valence-corrected chi connectivity index (χ0v) is 16.3. The van der Waals surface area contributed by atoms with E-state index in [4.69, 9.17) is 11.6 Å². The van der Waals surface area contributed by atoms with Gasteiger partial charge in [0.1, 0.15) is 16.8 Å². The lowest BCUT2D eigenvalue weighted by atomic mass is 10.0. The van der Waals surface area contributed by atoms with Gasteiger partial charge < -0.3 is 14.8 Å². The number of likely N-dealkylation sites (tertiary alicyclic amines) is 1. The molecule has 3 heterocycles. The fraction of sp³-hybridized carbons (Fsp3) is 0.600. The molecule has 1 amide bonds. The van der Waals surface area contributed by atoms with E-state index in [-0.39, 0.29) is 23.4 Å². The van der Waals surface area contributed by atoms with Gasteiger partial charge >= 0.3 is 0 Å². The first-order chi connectivity index (χ1) is 12.5. The van der Waals surface area contributed by atoms with Crippen LogP contribution in [-0.4, -0.2) is 45.5 Å². The van der Waals surface area contributed by atoms with Crippen LogP contribution in [0.5, 0.6) is 0 Å². The fourth-order valence-electron chi connectivity index (χ4n) is 4.16. The quantitative estimate of drug-likeness (QED) is 0.785. The second-order valence-electron chi connectivity index (χ2n) is 8.21. The van der Waals surface area contributed by atoms with Crippen LogP contribution in [0.1, 0.15) is 45.6 Å². The summed E-state index contributed by atoms with van der Waals surface area (Å²) in [5.41, 5.74) is 0.749. The molecule has 26 heavy (non-hydrogen) atoms. The highest BCUT2D eigenvalue weighted by molar-refractivity contribution is 6.29. The Hall–Kier alpha value is -1.59. The summed E-state index contributed by atoms with van der Waals surface area (Å²) in [5, 5.41) is 4.84. The molecule has 1 aliphatic carbocycles. The van der Waals surface area contributed by atoms with E-state index in [0.29, 0.717) is 5.15 Å². The number of carbonyl (C=O) groups is 1. The van der Waals surface area contributed by atoms with Gasteiger partial charge in [0.2, 0.25) is 5.91 Å². The summed E-state index contributed by atoms with van der Waals surface area (Å²) in [6, 6.07) is 5.45. The smallest absolute Gasteiger partial charge is 0.243 e. The lowest BCUT2D eigenvalue weighted by Crippen LogP contribution is -2.48. The Balaban J connectivity index is 1.56. The van der Waals surface area contributed by atoms with Gasteiger partial charge in [-0.2, -0.15) is 0 Å². The molecular formula is C20H27ClN4O. The molecule has 0 aromatic carbocycles. The van der Waals surface area contributed by atoms with Crippen molar-refractivity contribution in [1.82, 2.24) is 19.8 Å². The van der Waals surface area contributed by atoms with Crippen molar-refractivity contribution >= 4 is 28.5 Å². The van der Waals surface area contributed by atoms with Crippen molar-refractivity contribution in [2.24, 2.45) is 5.92 Å². The lowest BCUT2D eigenvalue weighted by Gasteiger charge is -2.28. The Morgan fingerprint density at radius 2 is 2.00 bits per heavy atom. The van der Waals surface area contributed by atoms with Gasteiger partial charge in [-0.25, -0.2) is 4.98 Å². The number of nitrogens with zero attached hydrogens (tertiary/aromatic N) is 3. The molecule has 2 aromatic rings. The predicted octanol–water partition coefficient (Wildman–Crippen LogP) is 3.63. The number of pyridine rings is 1. The first-order valence-electron chi connectivity index (χ1n) is 9.65. The summed E-state index contributed by atoms with van der Waals surface area (Å²) < 4.78 is 1.98. The minimum Gasteiger partial charge on any atom is -0.348 e. The average molecular weight is 375 g/mol. The minimum atomic E-state index is -0.283. The molecule has 2 fully saturated rings. The molecule has 2 aromatic heterocycles. The van der Waals surface area contributed by atoms with Crippen molar-refractivity contribution < 1.29 is 4.79 Å². The third-order valence-corrected chi connectivity index (χ3v) is 5.91. The summed E-state index contributed by atoms with van der Waals surface area (Å²) in [5.74, 6) is 0.255. The zero-order chi connectivity index (χ0) is 18.3. The Morgan fingerprint density at radius 1 is 1.27 bits per heavy atom. The van der Waals surface area contributed by atoms with E-state index in [0.717, 1.165) is 43.5 Å². The predicted molar refractivity (Wildman–Crippen MR) is 104 cm³/mol. The Bertz CT molecular complexity index is 805. The van der Waals surface area contributed by atoms with Gasteiger partial charge in [-0.15, -0.1) is 0 Å². The van der Waals surface area contributed by atoms with Crippen LogP contribution >= 0.6 is 11.6 Å². The summed E-state index contributed by atoms with van der Waals surface area (Å²) >= 11 is 6.09. The highest BCUT2D eigenvalue weighted by Gasteiger charge is 2.46. The molecular weight excluding hydrogens is 348 g/mol. The van der Waals surface area contributed by atoms with E-state index in [1.54, 1.807) is 6.07 Å². The zero-order valence-electron chi connectivity index (χ0n) is 15.5. The normalized spacial score (nSPS) is 20.6. The molecule has 1 unspecified atom stereocenters. The van der Waals surface area contributed by atoms with Crippen molar-refractivity contribution in [3.8, 4) is 0 Å². The Kier molecular flexibility index (Phi) is 4.70. The molecule has 1 saturated heterocycles. The first kappa shape index (κ1) is 17.8. The maximum atomic E-state index is 13.2. The van der Waals surface area contributed by atoms with Crippen LogP contribution in [-0.2, 0) is 4.79 Å². The highest BCUT2D eigenvalue weighted by atomic mass is 35.5. The number of hydrogen-bond acceptors (Lipinski definition) is 3. The number of aromatic nitrogens is 2. The van der Waals surface area contributed by atoms with Crippen LogP contribution in [0.15, 0.2) is 24.4 Å². The van der Waals surface area contributed by atoms with Crippen LogP contribution < -0.4 is 5.32 Å². The van der Waals surface area contributed by atoms with Gasteiger partial charge in [-0.05, 0) is 62.9 Å². The Labute approximate surface area is 159 Å². The molecule has 5 nitrogen and oxygen atoms in total. The third kappa shape index (κ3) is 3.47. The Morgan fingerprint density at radius 3 is 2.65 bits per heavy atom. The molecule has 6 heteroatoms. The van der Waals surface area contributed by atoms with E-state index in [1.165, 1.54) is 12.8 Å². The molecule has 0 bridgehead atoms. The molecule has 0 radical (unpaired) electrons. The van der Waals surface area contributed by atoms with Gasteiger partial charge in [0.25, 0.3) is 0 Å². The van der Waals surface area contributed by atoms with Gasteiger partial charge in [-0.3, -0.25) is 4.79 Å². The van der Waals surface area contributed by atoms with Crippen LogP contribution in [0, 0.1) is 5.92 Å². The topological polar surface area (TPSA) is 50.2 Å². The van der Waals surface area contributed by atoms with E-state index < -0.39 is 0 Å². The highest BCUT2D eigenvalue weighted by Crippen LogP contribution is 2.38. The molecule has 4 rings (SSSR count). The summed E-state index contributed by atoms with van der Waals surface area (Å²) in [4.78, 5) is 20.2. The molecule has 1 aliphatic heterocycles. The number of halogens is 1. The number of amides is 1. The van der Waals surface area contributed by atoms with Crippen LogP contribution in [0.3, 0.4) is 0 Å². The maximum absolute atomic E-state index is 13.2. The number of fused-ring (bicyclic) bond motifs is 1. The van der Waals surface area contributed by atoms with Gasteiger partial charge in [0.05, 0.1) is 5.54 Å². The van der Waals surface area contributed by atoms with E-state index in [2.05, 4.69) is 29.0 Å². The molecule has 0 spiro atoms. The van der Waals surface area contributed by atoms with E-state index in [1.807, 2.05) is 22.9 Å². The van der Waals surface area contributed by atoms with E-state index in [9.17, 15) is 4.79 Å². The largest absolute Gasteiger partial charge is 0.348 e. The van der Waals surface area contributed by atoms with Gasteiger partial charge in [0.15, 0.2) is 0 Å². The minimum absolute atomic E-state index is 0.0252. The molecule has 1 atom stereocenters. The average Bonchev–Trinajstić information content (AvgIpc) is 2.96. The summed E-state index contributed by atoms with van der Waals surface area (Å²) in [7, 11) is 0. The SMILES string of the molecule is CC(C)C(C(=O)NC1(CN2CCCC2)CC1)n1ccc2ccc(Cl)nc21. The molecule has 140 valence electrons. The van der Waals surface area contributed by atoms with E-state index >= 15 is 0 Å². The van der Waals surface area contributed by atoms with Crippen molar-refractivity contribution in [3.05, 3.63) is 29.5 Å². The van der Waals surface area contributed by atoms with Gasteiger partial charge in [0, 0.05) is 18.1 Å². The third-order valence-electron chi connectivity index (χ3n) is 5.70. The maximum Gasteiger partial charge on any atom is 0.243 e. The number of nitrogens with one attached hydrogen (secondary N) is 1.